The second kappa shape index (κ2) is 6.70. The number of hydrogen-bond donors (Lipinski definition) is 1. The van der Waals surface area contributed by atoms with Gasteiger partial charge in [-0.3, -0.25) is 4.90 Å². The average Bonchev–Trinajstić information content (AvgIpc) is 2.91. The maximum atomic E-state index is 9.37. The molecule has 1 aromatic heterocycles. The van der Waals surface area contributed by atoms with E-state index in [0.717, 1.165) is 13.1 Å². The standard InChI is InChI=1S/C17H23NOS/c19-11-10-18(15-6-2-1-3-7-15)12-14-13-20-17-9-5-4-8-16(14)17/h4-5,8-9,13,15,19H,1-3,6-7,10-12H2. The number of aliphatic hydroxyl groups is 1. The molecule has 1 aliphatic rings. The summed E-state index contributed by atoms with van der Waals surface area (Å²) in [5, 5.41) is 13.0. The Labute approximate surface area is 125 Å². The molecule has 2 aromatic rings. The molecular weight excluding hydrogens is 266 g/mol. The molecule has 1 fully saturated rings. The maximum Gasteiger partial charge on any atom is 0.0558 e. The largest absolute Gasteiger partial charge is 0.395 e. The number of thiophene rings is 1. The summed E-state index contributed by atoms with van der Waals surface area (Å²) in [6.07, 6.45) is 6.66. The minimum Gasteiger partial charge on any atom is -0.395 e. The van der Waals surface area contributed by atoms with Crippen LogP contribution in [-0.4, -0.2) is 29.2 Å². The molecule has 2 nitrogen and oxygen atoms in total. The minimum absolute atomic E-state index is 0.262. The molecule has 3 rings (SSSR count). The molecule has 0 spiro atoms. The molecule has 0 bridgehead atoms. The Morgan fingerprint density at radius 3 is 2.75 bits per heavy atom. The summed E-state index contributed by atoms with van der Waals surface area (Å²) < 4.78 is 1.37. The van der Waals surface area contributed by atoms with Gasteiger partial charge in [0.25, 0.3) is 0 Å². The first-order valence-electron chi connectivity index (χ1n) is 7.68. The summed E-state index contributed by atoms with van der Waals surface area (Å²) in [6, 6.07) is 9.30. The van der Waals surface area contributed by atoms with E-state index in [2.05, 4.69) is 34.5 Å². The van der Waals surface area contributed by atoms with Gasteiger partial charge in [-0.15, -0.1) is 11.3 Å². The van der Waals surface area contributed by atoms with Gasteiger partial charge in [-0.05, 0) is 35.2 Å². The smallest absolute Gasteiger partial charge is 0.0558 e. The van der Waals surface area contributed by atoms with Crippen LogP contribution < -0.4 is 0 Å². The van der Waals surface area contributed by atoms with E-state index in [1.54, 1.807) is 0 Å². The van der Waals surface area contributed by atoms with Crippen molar-refractivity contribution in [2.45, 2.75) is 44.7 Å². The zero-order valence-corrected chi connectivity index (χ0v) is 12.7. The van der Waals surface area contributed by atoms with E-state index in [0.29, 0.717) is 6.04 Å². The molecule has 0 radical (unpaired) electrons. The number of nitrogens with zero attached hydrogens (tertiary/aromatic N) is 1. The van der Waals surface area contributed by atoms with Crippen molar-refractivity contribution >= 4 is 21.4 Å². The normalized spacial score (nSPS) is 17.1. The predicted octanol–water partition coefficient (Wildman–Crippen LogP) is 4.03. The molecular formula is C17H23NOS. The van der Waals surface area contributed by atoms with Crippen molar-refractivity contribution in [3.63, 3.8) is 0 Å². The van der Waals surface area contributed by atoms with Crippen LogP contribution in [0.15, 0.2) is 29.6 Å². The van der Waals surface area contributed by atoms with E-state index >= 15 is 0 Å². The zero-order chi connectivity index (χ0) is 13.8. The first-order valence-corrected chi connectivity index (χ1v) is 8.56. The van der Waals surface area contributed by atoms with Gasteiger partial charge in [0.05, 0.1) is 6.61 Å². The third kappa shape index (κ3) is 3.05. The highest BCUT2D eigenvalue weighted by atomic mass is 32.1. The van der Waals surface area contributed by atoms with Gasteiger partial charge < -0.3 is 5.11 Å². The highest BCUT2D eigenvalue weighted by Crippen LogP contribution is 2.29. The van der Waals surface area contributed by atoms with Crippen LogP contribution in [0.2, 0.25) is 0 Å². The van der Waals surface area contributed by atoms with E-state index in [1.807, 2.05) is 11.3 Å². The van der Waals surface area contributed by atoms with Crippen LogP contribution in [0.4, 0.5) is 0 Å². The van der Waals surface area contributed by atoms with Gasteiger partial charge >= 0.3 is 0 Å². The Kier molecular flexibility index (Phi) is 4.71. The third-order valence-corrected chi connectivity index (χ3v) is 5.43. The highest BCUT2D eigenvalue weighted by Gasteiger charge is 2.21. The van der Waals surface area contributed by atoms with Crippen LogP contribution in [-0.2, 0) is 6.54 Å². The predicted molar refractivity (Wildman–Crippen MR) is 86.2 cm³/mol. The summed E-state index contributed by atoms with van der Waals surface area (Å²) in [5.41, 5.74) is 1.42. The molecule has 1 aliphatic carbocycles. The minimum atomic E-state index is 0.262. The Morgan fingerprint density at radius 2 is 1.95 bits per heavy atom. The Hall–Kier alpha value is -0.900. The van der Waals surface area contributed by atoms with E-state index in [-0.39, 0.29) is 6.61 Å². The zero-order valence-electron chi connectivity index (χ0n) is 11.9. The van der Waals surface area contributed by atoms with Crippen LogP contribution in [0.5, 0.6) is 0 Å². The third-order valence-electron chi connectivity index (χ3n) is 4.41. The van der Waals surface area contributed by atoms with Gasteiger partial charge in [-0.25, -0.2) is 0 Å². The lowest BCUT2D eigenvalue weighted by Gasteiger charge is -2.33. The Bertz CT molecular complexity index is 545. The number of fused-ring (bicyclic) bond motifs is 1. The molecule has 0 aliphatic heterocycles. The molecule has 1 heterocycles. The molecule has 1 N–H and O–H groups in total. The lowest BCUT2D eigenvalue weighted by molar-refractivity contribution is 0.118. The Balaban J connectivity index is 1.78. The summed E-state index contributed by atoms with van der Waals surface area (Å²) in [4.78, 5) is 2.49. The molecule has 20 heavy (non-hydrogen) atoms. The molecule has 0 amide bonds. The van der Waals surface area contributed by atoms with E-state index in [4.69, 9.17) is 0 Å². The monoisotopic (exact) mass is 289 g/mol. The van der Waals surface area contributed by atoms with Gasteiger partial charge in [0.1, 0.15) is 0 Å². The fraction of sp³-hybridized carbons (Fsp3) is 0.529. The van der Waals surface area contributed by atoms with Crippen LogP contribution in [0, 0.1) is 0 Å². The molecule has 1 aromatic carbocycles. The highest BCUT2D eigenvalue weighted by molar-refractivity contribution is 7.17. The molecule has 3 heteroatoms. The number of benzene rings is 1. The van der Waals surface area contributed by atoms with Gasteiger partial charge in [0, 0.05) is 23.8 Å². The van der Waals surface area contributed by atoms with Crippen molar-refractivity contribution in [2.24, 2.45) is 0 Å². The Morgan fingerprint density at radius 1 is 1.15 bits per heavy atom. The van der Waals surface area contributed by atoms with Crippen LogP contribution in [0.1, 0.15) is 37.7 Å². The fourth-order valence-corrected chi connectivity index (χ4v) is 4.29. The molecule has 0 saturated heterocycles. The van der Waals surface area contributed by atoms with Crippen molar-refractivity contribution in [1.82, 2.24) is 4.90 Å². The summed E-state index contributed by atoms with van der Waals surface area (Å²) in [7, 11) is 0. The van der Waals surface area contributed by atoms with Crippen LogP contribution in [0.3, 0.4) is 0 Å². The first kappa shape index (κ1) is 14.1. The summed E-state index contributed by atoms with van der Waals surface area (Å²) in [6.45, 7) is 2.04. The SMILES string of the molecule is OCCN(Cc1csc2ccccc12)C1CCCCC1. The average molecular weight is 289 g/mol. The lowest BCUT2D eigenvalue weighted by atomic mass is 9.94. The molecule has 1 saturated carbocycles. The van der Waals surface area contributed by atoms with Gasteiger partial charge in [-0.2, -0.15) is 0 Å². The van der Waals surface area contributed by atoms with E-state index in [9.17, 15) is 5.11 Å². The molecule has 0 atom stereocenters. The number of rotatable bonds is 5. The van der Waals surface area contributed by atoms with Gasteiger partial charge in [0.15, 0.2) is 0 Å². The van der Waals surface area contributed by atoms with Gasteiger partial charge in [0.2, 0.25) is 0 Å². The van der Waals surface area contributed by atoms with Crippen molar-refractivity contribution < 1.29 is 5.11 Å². The molecule has 0 unspecified atom stereocenters. The summed E-state index contributed by atoms with van der Waals surface area (Å²) >= 11 is 1.83. The quantitative estimate of drug-likeness (QED) is 0.898. The summed E-state index contributed by atoms with van der Waals surface area (Å²) in [5.74, 6) is 0. The van der Waals surface area contributed by atoms with Crippen LogP contribution >= 0.6 is 11.3 Å². The maximum absolute atomic E-state index is 9.37. The lowest BCUT2D eigenvalue weighted by Crippen LogP contribution is -2.38. The van der Waals surface area contributed by atoms with Crippen molar-refractivity contribution in [3.05, 3.63) is 35.2 Å². The second-order valence-corrected chi connectivity index (χ2v) is 6.65. The number of aliphatic hydroxyl groups excluding tert-OH is 1. The number of hydrogen-bond acceptors (Lipinski definition) is 3. The van der Waals surface area contributed by atoms with Crippen LogP contribution in [0.25, 0.3) is 10.1 Å². The fourth-order valence-electron chi connectivity index (χ4n) is 3.34. The second-order valence-electron chi connectivity index (χ2n) is 5.74. The first-order chi connectivity index (χ1) is 9.88. The topological polar surface area (TPSA) is 23.5 Å². The molecule has 108 valence electrons. The van der Waals surface area contributed by atoms with Gasteiger partial charge in [-0.1, -0.05) is 37.5 Å². The van der Waals surface area contributed by atoms with Crippen molar-refractivity contribution in [2.75, 3.05) is 13.2 Å². The van der Waals surface area contributed by atoms with Crippen molar-refractivity contribution in [1.29, 1.82) is 0 Å². The van der Waals surface area contributed by atoms with E-state index < -0.39 is 0 Å². The van der Waals surface area contributed by atoms with E-state index in [1.165, 1.54) is 47.8 Å². The van der Waals surface area contributed by atoms with Crippen molar-refractivity contribution in [3.8, 4) is 0 Å².